The zero-order valence-corrected chi connectivity index (χ0v) is 12.2. The van der Waals surface area contributed by atoms with Crippen LogP contribution in [-0.2, 0) is 6.42 Å². The number of hydrogen-bond donors (Lipinski definition) is 0. The molecule has 1 aliphatic rings. The van der Waals surface area contributed by atoms with Crippen molar-refractivity contribution in [3.8, 4) is 22.6 Å². The summed E-state index contributed by atoms with van der Waals surface area (Å²) in [5, 5.41) is 0. The molecule has 22 heavy (non-hydrogen) atoms. The average Bonchev–Trinajstić information content (AvgIpc) is 2.62. The zero-order chi connectivity index (χ0) is 14.8. The van der Waals surface area contributed by atoms with Crippen LogP contribution in [0.25, 0.3) is 28.7 Å². The van der Waals surface area contributed by atoms with Gasteiger partial charge in [-0.15, -0.1) is 0 Å². The highest BCUT2D eigenvalue weighted by Gasteiger charge is 2.08. The molecule has 3 aromatic rings. The van der Waals surface area contributed by atoms with Crippen LogP contribution in [0.3, 0.4) is 0 Å². The Labute approximate surface area is 130 Å². The molecule has 0 saturated carbocycles. The lowest BCUT2D eigenvalue weighted by atomic mass is 9.95. The predicted octanol–water partition coefficient (Wildman–Crippen LogP) is 4.77. The van der Waals surface area contributed by atoms with Crippen molar-refractivity contribution in [2.75, 3.05) is 0 Å². The summed E-state index contributed by atoms with van der Waals surface area (Å²) in [4.78, 5) is 9.12. The number of benzene rings is 2. The smallest absolute Gasteiger partial charge is 0.159 e. The SMILES string of the molecule is C1=Cc2cc(-c3ccnc(-c4ccccc4)n3)ccc2CC1. The molecule has 0 unspecified atom stereocenters. The molecule has 2 heteroatoms. The standard InChI is InChI=1S/C20H16N2/c1-2-7-16(8-3-1)20-21-13-12-19(22-20)18-11-10-15-6-4-5-9-17(15)14-18/h1-3,5,7-14H,4,6H2. The van der Waals surface area contributed by atoms with Crippen LogP contribution in [0.4, 0.5) is 0 Å². The third kappa shape index (κ3) is 2.44. The van der Waals surface area contributed by atoms with Crippen molar-refractivity contribution in [3.63, 3.8) is 0 Å². The van der Waals surface area contributed by atoms with Gasteiger partial charge in [-0.05, 0) is 36.1 Å². The van der Waals surface area contributed by atoms with Gasteiger partial charge in [-0.25, -0.2) is 9.97 Å². The number of aromatic nitrogens is 2. The Hall–Kier alpha value is -2.74. The monoisotopic (exact) mass is 284 g/mol. The van der Waals surface area contributed by atoms with Gasteiger partial charge in [0.25, 0.3) is 0 Å². The fourth-order valence-electron chi connectivity index (χ4n) is 2.83. The van der Waals surface area contributed by atoms with Gasteiger partial charge in [-0.2, -0.15) is 0 Å². The minimum atomic E-state index is 0.770. The summed E-state index contributed by atoms with van der Waals surface area (Å²) in [7, 11) is 0. The largest absolute Gasteiger partial charge is 0.237 e. The number of aryl methyl sites for hydroxylation is 1. The van der Waals surface area contributed by atoms with Gasteiger partial charge in [-0.1, -0.05) is 54.6 Å². The molecule has 0 fully saturated rings. The second-order valence-corrected chi connectivity index (χ2v) is 5.49. The molecule has 1 heterocycles. The average molecular weight is 284 g/mol. The van der Waals surface area contributed by atoms with Gasteiger partial charge in [0.15, 0.2) is 5.82 Å². The Morgan fingerprint density at radius 2 is 1.77 bits per heavy atom. The molecule has 1 aromatic heterocycles. The van der Waals surface area contributed by atoms with Crippen molar-refractivity contribution < 1.29 is 0 Å². The third-order valence-corrected chi connectivity index (χ3v) is 4.01. The lowest BCUT2D eigenvalue weighted by Gasteiger charge is -2.12. The van der Waals surface area contributed by atoms with Gasteiger partial charge >= 0.3 is 0 Å². The van der Waals surface area contributed by atoms with Gasteiger partial charge < -0.3 is 0 Å². The van der Waals surface area contributed by atoms with Crippen LogP contribution in [-0.4, -0.2) is 9.97 Å². The highest BCUT2D eigenvalue weighted by atomic mass is 14.9. The van der Waals surface area contributed by atoms with Crippen molar-refractivity contribution in [1.29, 1.82) is 0 Å². The summed E-state index contributed by atoms with van der Waals surface area (Å²) in [5.41, 5.74) is 5.88. The summed E-state index contributed by atoms with van der Waals surface area (Å²) >= 11 is 0. The molecular weight excluding hydrogens is 268 g/mol. The number of fused-ring (bicyclic) bond motifs is 1. The van der Waals surface area contributed by atoms with E-state index in [0.29, 0.717) is 0 Å². The van der Waals surface area contributed by atoms with Crippen molar-refractivity contribution >= 4 is 6.08 Å². The molecular formula is C20H16N2. The van der Waals surface area contributed by atoms with E-state index in [2.05, 4.69) is 35.3 Å². The Bertz CT molecular complexity index is 835. The second kappa shape index (κ2) is 5.57. The molecule has 4 rings (SSSR count). The van der Waals surface area contributed by atoms with Gasteiger partial charge in [0.2, 0.25) is 0 Å². The van der Waals surface area contributed by atoms with Crippen LogP contribution in [0.5, 0.6) is 0 Å². The molecule has 2 nitrogen and oxygen atoms in total. The molecule has 0 saturated heterocycles. The summed E-state index contributed by atoms with van der Waals surface area (Å²) in [6, 6.07) is 18.7. The van der Waals surface area contributed by atoms with Gasteiger partial charge in [0.1, 0.15) is 0 Å². The van der Waals surface area contributed by atoms with Crippen molar-refractivity contribution in [2.45, 2.75) is 12.8 Å². The van der Waals surface area contributed by atoms with Gasteiger partial charge in [0, 0.05) is 17.3 Å². The molecule has 0 amide bonds. The summed E-state index contributed by atoms with van der Waals surface area (Å²) in [6.45, 7) is 0. The molecule has 2 aromatic carbocycles. The maximum Gasteiger partial charge on any atom is 0.159 e. The fraction of sp³-hybridized carbons (Fsp3) is 0.100. The number of nitrogens with zero attached hydrogens (tertiary/aromatic N) is 2. The topological polar surface area (TPSA) is 25.8 Å². The first-order valence-electron chi connectivity index (χ1n) is 7.58. The van der Waals surface area contributed by atoms with Crippen molar-refractivity contribution in [3.05, 3.63) is 78.0 Å². The normalized spacial score (nSPS) is 12.9. The van der Waals surface area contributed by atoms with Crippen LogP contribution in [0.1, 0.15) is 17.5 Å². The van der Waals surface area contributed by atoms with Crippen molar-refractivity contribution in [1.82, 2.24) is 9.97 Å². The van der Waals surface area contributed by atoms with Crippen LogP contribution < -0.4 is 0 Å². The van der Waals surface area contributed by atoms with E-state index < -0.39 is 0 Å². The minimum Gasteiger partial charge on any atom is -0.237 e. The van der Waals surface area contributed by atoms with Crippen LogP contribution in [0, 0.1) is 0 Å². The fourth-order valence-corrected chi connectivity index (χ4v) is 2.83. The van der Waals surface area contributed by atoms with Crippen molar-refractivity contribution in [2.24, 2.45) is 0 Å². The lowest BCUT2D eigenvalue weighted by molar-refractivity contribution is 0.986. The first-order valence-corrected chi connectivity index (χ1v) is 7.58. The van der Waals surface area contributed by atoms with E-state index in [1.807, 2.05) is 42.6 Å². The van der Waals surface area contributed by atoms with E-state index in [4.69, 9.17) is 4.98 Å². The quantitative estimate of drug-likeness (QED) is 0.677. The predicted molar refractivity (Wildman–Crippen MR) is 90.3 cm³/mol. The van der Waals surface area contributed by atoms with E-state index in [1.54, 1.807) is 0 Å². The molecule has 1 aliphatic carbocycles. The van der Waals surface area contributed by atoms with E-state index >= 15 is 0 Å². The van der Waals surface area contributed by atoms with Crippen LogP contribution >= 0.6 is 0 Å². The molecule has 106 valence electrons. The number of hydrogen-bond acceptors (Lipinski definition) is 2. The Balaban J connectivity index is 1.76. The van der Waals surface area contributed by atoms with Crippen LogP contribution in [0.2, 0.25) is 0 Å². The molecule has 0 atom stereocenters. The minimum absolute atomic E-state index is 0.770. The Morgan fingerprint density at radius 1 is 0.864 bits per heavy atom. The lowest BCUT2D eigenvalue weighted by Crippen LogP contribution is -1.96. The van der Waals surface area contributed by atoms with E-state index in [-0.39, 0.29) is 0 Å². The first kappa shape index (κ1) is 13.0. The summed E-state index contributed by atoms with van der Waals surface area (Å²) < 4.78 is 0. The Kier molecular flexibility index (Phi) is 3.28. The molecule has 0 bridgehead atoms. The molecule has 0 radical (unpaired) electrons. The maximum atomic E-state index is 4.73. The molecule has 0 spiro atoms. The first-order chi connectivity index (χ1) is 10.9. The number of rotatable bonds is 2. The highest BCUT2D eigenvalue weighted by Crippen LogP contribution is 2.26. The number of allylic oxidation sites excluding steroid dienone is 1. The van der Waals surface area contributed by atoms with Gasteiger partial charge in [0.05, 0.1) is 5.69 Å². The second-order valence-electron chi connectivity index (χ2n) is 5.49. The maximum absolute atomic E-state index is 4.73. The van der Waals surface area contributed by atoms with E-state index in [0.717, 1.165) is 35.5 Å². The summed E-state index contributed by atoms with van der Waals surface area (Å²) in [6.07, 6.45) is 8.55. The van der Waals surface area contributed by atoms with Gasteiger partial charge in [-0.3, -0.25) is 0 Å². The van der Waals surface area contributed by atoms with E-state index in [1.165, 1.54) is 11.1 Å². The van der Waals surface area contributed by atoms with E-state index in [9.17, 15) is 0 Å². The summed E-state index contributed by atoms with van der Waals surface area (Å²) in [5.74, 6) is 0.770. The third-order valence-electron chi connectivity index (χ3n) is 4.01. The highest BCUT2D eigenvalue weighted by molar-refractivity contribution is 5.69. The zero-order valence-electron chi connectivity index (χ0n) is 12.2. The Morgan fingerprint density at radius 3 is 2.68 bits per heavy atom. The van der Waals surface area contributed by atoms with Crippen LogP contribution in [0.15, 0.2) is 66.9 Å². The molecule has 0 aliphatic heterocycles. The molecule has 0 N–H and O–H groups in total.